The van der Waals surface area contributed by atoms with Gasteiger partial charge in [-0.2, -0.15) is 0 Å². The average Bonchev–Trinajstić information content (AvgIpc) is 2.17. The van der Waals surface area contributed by atoms with E-state index in [1.54, 1.807) is 12.1 Å². The van der Waals surface area contributed by atoms with Crippen molar-refractivity contribution in [3.05, 3.63) is 40.2 Å². The molecule has 0 amide bonds. The molecular formula is C8H10ClN2O3-. The first-order chi connectivity index (χ1) is 6.13. The molecule has 1 aromatic heterocycles. The zero-order valence-electron chi connectivity index (χ0n) is 7.50. The highest BCUT2D eigenvalue weighted by molar-refractivity contribution is 5.13. The molecule has 0 bridgehead atoms. The maximum atomic E-state index is 10.3. The van der Waals surface area contributed by atoms with Crippen LogP contribution in [0.2, 0.25) is 0 Å². The van der Waals surface area contributed by atoms with Crippen LogP contribution in [0.15, 0.2) is 24.5 Å². The van der Waals surface area contributed by atoms with Crippen LogP contribution in [0.25, 0.3) is 0 Å². The molecule has 2 unspecified atom stereocenters. The van der Waals surface area contributed by atoms with Gasteiger partial charge in [-0.1, -0.05) is 0 Å². The third-order valence-corrected chi connectivity index (χ3v) is 1.84. The lowest BCUT2D eigenvalue weighted by molar-refractivity contribution is -0.531. The van der Waals surface area contributed by atoms with Crippen LogP contribution in [0, 0.1) is 10.1 Å². The predicted molar refractivity (Wildman–Crippen MR) is 45.7 cm³/mol. The number of nitro groups is 1. The molecule has 0 saturated heterocycles. The summed E-state index contributed by atoms with van der Waals surface area (Å²) >= 11 is 0. The second kappa shape index (κ2) is 5.51. The molecule has 5 nitrogen and oxygen atoms in total. The molecule has 0 aliphatic heterocycles. The second-order valence-corrected chi connectivity index (χ2v) is 2.75. The quantitative estimate of drug-likeness (QED) is 0.460. The van der Waals surface area contributed by atoms with Gasteiger partial charge in [-0.05, 0) is 17.7 Å². The highest BCUT2D eigenvalue weighted by Crippen LogP contribution is 2.16. The van der Waals surface area contributed by atoms with E-state index in [9.17, 15) is 15.2 Å². The first kappa shape index (κ1) is 12.8. The van der Waals surface area contributed by atoms with Gasteiger partial charge in [0.05, 0.1) is 0 Å². The van der Waals surface area contributed by atoms with Gasteiger partial charge in [0.1, 0.15) is 6.10 Å². The number of rotatable bonds is 3. The Balaban J connectivity index is 0.00000169. The van der Waals surface area contributed by atoms with Crippen LogP contribution in [0.1, 0.15) is 18.6 Å². The Hall–Kier alpha value is -1.20. The third-order valence-electron chi connectivity index (χ3n) is 1.84. The highest BCUT2D eigenvalue weighted by atomic mass is 35.5. The molecule has 0 aliphatic rings. The average molecular weight is 218 g/mol. The van der Waals surface area contributed by atoms with Gasteiger partial charge >= 0.3 is 0 Å². The van der Waals surface area contributed by atoms with Gasteiger partial charge in [0.25, 0.3) is 0 Å². The van der Waals surface area contributed by atoms with Crippen LogP contribution >= 0.6 is 0 Å². The van der Waals surface area contributed by atoms with Crippen molar-refractivity contribution >= 4 is 0 Å². The summed E-state index contributed by atoms with van der Waals surface area (Å²) in [4.78, 5) is 13.6. The third kappa shape index (κ3) is 2.93. The van der Waals surface area contributed by atoms with E-state index in [-0.39, 0.29) is 12.4 Å². The Morgan fingerprint density at radius 1 is 1.50 bits per heavy atom. The van der Waals surface area contributed by atoms with E-state index in [1.165, 1.54) is 19.3 Å². The van der Waals surface area contributed by atoms with Crippen molar-refractivity contribution in [1.82, 2.24) is 4.98 Å². The van der Waals surface area contributed by atoms with Crippen LogP contribution in [-0.2, 0) is 0 Å². The van der Waals surface area contributed by atoms with Crippen LogP contribution < -0.4 is 12.4 Å². The zero-order valence-corrected chi connectivity index (χ0v) is 8.26. The number of halogens is 1. The van der Waals surface area contributed by atoms with E-state index in [2.05, 4.69) is 4.98 Å². The Kier molecular flexibility index (Phi) is 5.04. The molecule has 0 fully saturated rings. The van der Waals surface area contributed by atoms with E-state index in [1.807, 2.05) is 0 Å². The topological polar surface area (TPSA) is 76.3 Å². The molecular weight excluding hydrogens is 208 g/mol. The Bertz CT molecular complexity index is 294. The molecule has 0 aliphatic carbocycles. The van der Waals surface area contributed by atoms with Gasteiger partial charge in [-0.15, -0.1) is 0 Å². The number of hydrogen-bond donors (Lipinski definition) is 1. The molecule has 0 radical (unpaired) electrons. The number of pyridine rings is 1. The molecule has 0 aromatic carbocycles. The van der Waals surface area contributed by atoms with Crippen molar-refractivity contribution in [3.63, 3.8) is 0 Å². The fourth-order valence-corrected chi connectivity index (χ4v) is 0.954. The number of aliphatic hydroxyl groups is 1. The van der Waals surface area contributed by atoms with Crippen molar-refractivity contribution in [2.45, 2.75) is 19.1 Å². The minimum Gasteiger partial charge on any atom is -1.00 e. The summed E-state index contributed by atoms with van der Waals surface area (Å²) in [5.74, 6) is 0. The van der Waals surface area contributed by atoms with Gasteiger partial charge in [0, 0.05) is 24.2 Å². The highest BCUT2D eigenvalue weighted by Gasteiger charge is 2.25. The van der Waals surface area contributed by atoms with Crippen molar-refractivity contribution in [1.29, 1.82) is 0 Å². The first-order valence-electron chi connectivity index (χ1n) is 3.84. The summed E-state index contributed by atoms with van der Waals surface area (Å²) in [6.07, 6.45) is 1.91. The van der Waals surface area contributed by atoms with E-state index in [4.69, 9.17) is 0 Å². The zero-order chi connectivity index (χ0) is 9.84. The normalized spacial score (nSPS) is 13.9. The second-order valence-electron chi connectivity index (χ2n) is 2.75. The standard InChI is InChI=1S/C8H10N2O3.ClH/c1-6(10(12)13)8(11)7-2-4-9-5-3-7;/h2-6,8,11H,1H3;1H/p-1. The van der Waals surface area contributed by atoms with Crippen LogP contribution in [0.5, 0.6) is 0 Å². The summed E-state index contributed by atoms with van der Waals surface area (Å²) in [6.45, 7) is 1.37. The smallest absolute Gasteiger partial charge is 0.239 e. The molecule has 0 saturated carbocycles. The largest absolute Gasteiger partial charge is 1.00 e. The van der Waals surface area contributed by atoms with Crippen LogP contribution in [-0.4, -0.2) is 21.1 Å². The van der Waals surface area contributed by atoms with Crippen LogP contribution in [0.3, 0.4) is 0 Å². The first-order valence-corrected chi connectivity index (χ1v) is 3.84. The van der Waals surface area contributed by atoms with Gasteiger partial charge in [-0.3, -0.25) is 15.1 Å². The van der Waals surface area contributed by atoms with Crippen molar-refractivity contribution in [2.24, 2.45) is 0 Å². The lowest BCUT2D eigenvalue weighted by Gasteiger charge is -2.11. The minimum atomic E-state index is -1.07. The van der Waals surface area contributed by atoms with E-state index in [0.717, 1.165) is 0 Å². The molecule has 1 rings (SSSR count). The van der Waals surface area contributed by atoms with E-state index >= 15 is 0 Å². The molecule has 1 heterocycles. The Labute approximate surface area is 87.3 Å². The lowest BCUT2D eigenvalue weighted by Crippen LogP contribution is -3.00. The number of aliphatic hydroxyl groups excluding tert-OH is 1. The fraction of sp³-hybridized carbons (Fsp3) is 0.375. The number of hydrogen-bond acceptors (Lipinski definition) is 4. The minimum absolute atomic E-state index is 0. The van der Waals surface area contributed by atoms with E-state index < -0.39 is 17.1 Å². The van der Waals surface area contributed by atoms with Gasteiger partial charge < -0.3 is 17.5 Å². The van der Waals surface area contributed by atoms with Crippen molar-refractivity contribution in [3.8, 4) is 0 Å². The molecule has 6 heteroatoms. The maximum absolute atomic E-state index is 10.3. The van der Waals surface area contributed by atoms with Gasteiger partial charge in [0.15, 0.2) is 0 Å². The molecule has 0 spiro atoms. The van der Waals surface area contributed by atoms with Crippen LogP contribution in [0.4, 0.5) is 0 Å². The fourth-order valence-electron chi connectivity index (χ4n) is 0.954. The SMILES string of the molecule is CC(C(O)c1ccncc1)[N+](=O)[O-].[Cl-]. The molecule has 1 N–H and O–H groups in total. The molecule has 14 heavy (non-hydrogen) atoms. The monoisotopic (exact) mass is 217 g/mol. The Morgan fingerprint density at radius 2 is 2.00 bits per heavy atom. The summed E-state index contributed by atoms with van der Waals surface area (Å²) in [6, 6.07) is 2.12. The van der Waals surface area contributed by atoms with Gasteiger partial charge in [-0.25, -0.2) is 0 Å². The summed E-state index contributed by atoms with van der Waals surface area (Å²) in [5.41, 5.74) is 0.513. The predicted octanol–water partition coefficient (Wildman–Crippen LogP) is -2.22. The summed E-state index contributed by atoms with van der Waals surface area (Å²) in [5, 5.41) is 19.8. The summed E-state index contributed by atoms with van der Waals surface area (Å²) < 4.78 is 0. The van der Waals surface area contributed by atoms with Crippen molar-refractivity contribution in [2.75, 3.05) is 0 Å². The molecule has 1 aromatic rings. The van der Waals surface area contributed by atoms with Crippen molar-refractivity contribution < 1.29 is 22.4 Å². The van der Waals surface area contributed by atoms with Gasteiger partial charge in [0.2, 0.25) is 6.04 Å². The lowest BCUT2D eigenvalue weighted by atomic mass is 10.1. The molecule has 2 atom stereocenters. The molecule has 78 valence electrons. The van der Waals surface area contributed by atoms with E-state index in [0.29, 0.717) is 5.56 Å². The maximum Gasteiger partial charge on any atom is 0.239 e. The number of nitrogens with zero attached hydrogens (tertiary/aromatic N) is 2. The number of aromatic nitrogens is 1. The summed E-state index contributed by atoms with van der Waals surface area (Å²) in [7, 11) is 0. The Morgan fingerprint density at radius 3 is 2.43 bits per heavy atom.